The van der Waals surface area contributed by atoms with Gasteiger partial charge in [0.25, 0.3) is 11.8 Å². The van der Waals surface area contributed by atoms with E-state index >= 15 is 0 Å². The molecule has 0 saturated heterocycles. The van der Waals surface area contributed by atoms with E-state index < -0.39 is 0 Å². The number of carbonyl (C=O) groups is 2. The number of aryl methyl sites for hydroxylation is 1. The van der Waals surface area contributed by atoms with Crippen molar-refractivity contribution in [2.45, 2.75) is 13.8 Å². The summed E-state index contributed by atoms with van der Waals surface area (Å²) in [5.74, 6) is -0.750. The normalized spacial score (nSPS) is 10.6. The van der Waals surface area contributed by atoms with Crippen molar-refractivity contribution in [2.24, 2.45) is 0 Å². The average Bonchev–Trinajstić information content (AvgIpc) is 3.28. The van der Waals surface area contributed by atoms with E-state index in [0.717, 1.165) is 0 Å². The van der Waals surface area contributed by atoms with Crippen molar-refractivity contribution in [3.05, 3.63) is 71.2 Å². The minimum Gasteiger partial charge on any atom is -0.459 e. The second kappa shape index (κ2) is 7.86. The predicted octanol–water partition coefficient (Wildman–Crippen LogP) is 2.38. The lowest BCUT2D eigenvalue weighted by Crippen LogP contribution is -2.35. The fourth-order valence-electron chi connectivity index (χ4n) is 2.74. The maximum atomic E-state index is 13.1. The standard InChI is InChI=1S/C19H19FN4O3/c1-12-17(13(2)24(23-12)15-7-5-14(20)6-8-15)19(26)22-10-9-21-18(25)16-4-3-11-27-16/h3-8,11H,9-10H2,1-2H3,(H,21,25)(H,22,26). The van der Waals surface area contributed by atoms with Crippen molar-refractivity contribution >= 4 is 11.8 Å². The molecule has 0 spiro atoms. The lowest BCUT2D eigenvalue weighted by atomic mass is 10.2. The van der Waals surface area contributed by atoms with Crippen molar-refractivity contribution in [3.63, 3.8) is 0 Å². The van der Waals surface area contributed by atoms with Gasteiger partial charge in [-0.3, -0.25) is 9.59 Å². The van der Waals surface area contributed by atoms with E-state index in [0.29, 0.717) is 22.6 Å². The van der Waals surface area contributed by atoms with E-state index in [-0.39, 0.29) is 36.5 Å². The first kappa shape index (κ1) is 18.4. The summed E-state index contributed by atoms with van der Waals surface area (Å²) in [6.07, 6.45) is 1.42. The molecular formula is C19H19FN4O3. The van der Waals surface area contributed by atoms with Gasteiger partial charge in [-0.25, -0.2) is 9.07 Å². The van der Waals surface area contributed by atoms with E-state index in [2.05, 4.69) is 15.7 Å². The molecule has 0 radical (unpaired) electrons. The molecule has 0 fully saturated rings. The Bertz CT molecular complexity index is 946. The second-order valence-corrected chi connectivity index (χ2v) is 5.92. The number of rotatable bonds is 6. The van der Waals surface area contributed by atoms with Crippen LogP contribution in [0.3, 0.4) is 0 Å². The SMILES string of the molecule is Cc1nn(-c2ccc(F)cc2)c(C)c1C(=O)NCCNC(=O)c1ccco1. The summed E-state index contributed by atoms with van der Waals surface area (Å²) in [6.45, 7) is 4.03. The molecule has 2 amide bonds. The van der Waals surface area contributed by atoms with Crippen LogP contribution in [-0.4, -0.2) is 34.7 Å². The van der Waals surface area contributed by atoms with E-state index in [1.807, 2.05) is 0 Å². The van der Waals surface area contributed by atoms with Gasteiger partial charge in [-0.2, -0.15) is 5.10 Å². The smallest absolute Gasteiger partial charge is 0.287 e. The van der Waals surface area contributed by atoms with Gasteiger partial charge in [-0.1, -0.05) is 0 Å². The zero-order valence-electron chi connectivity index (χ0n) is 15.0. The van der Waals surface area contributed by atoms with Crippen molar-refractivity contribution in [3.8, 4) is 5.69 Å². The minimum atomic E-state index is -0.342. The van der Waals surface area contributed by atoms with Crippen LogP contribution in [0.15, 0.2) is 47.1 Å². The summed E-state index contributed by atoms with van der Waals surface area (Å²) in [6, 6.07) is 9.06. The summed E-state index contributed by atoms with van der Waals surface area (Å²) in [5.41, 5.74) is 2.34. The number of benzene rings is 1. The van der Waals surface area contributed by atoms with Crippen molar-refractivity contribution in [1.82, 2.24) is 20.4 Å². The number of nitrogens with one attached hydrogen (secondary N) is 2. The zero-order valence-corrected chi connectivity index (χ0v) is 15.0. The number of nitrogens with zero attached hydrogens (tertiary/aromatic N) is 2. The predicted molar refractivity (Wildman–Crippen MR) is 96.4 cm³/mol. The zero-order chi connectivity index (χ0) is 19.4. The monoisotopic (exact) mass is 370 g/mol. The van der Waals surface area contributed by atoms with E-state index in [1.165, 1.54) is 18.4 Å². The van der Waals surface area contributed by atoms with Crippen LogP contribution in [0.4, 0.5) is 4.39 Å². The van der Waals surface area contributed by atoms with Gasteiger partial charge in [-0.05, 0) is 50.2 Å². The van der Waals surface area contributed by atoms with Gasteiger partial charge >= 0.3 is 0 Å². The Morgan fingerprint density at radius 2 is 1.74 bits per heavy atom. The molecule has 140 valence electrons. The molecule has 0 unspecified atom stereocenters. The Labute approximate surface area is 155 Å². The third-order valence-corrected chi connectivity index (χ3v) is 4.03. The van der Waals surface area contributed by atoms with Crippen LogP contribution in [-0.2, 0) is 0 Å². The number of aromatic nitrogens is 2. The molecule has 0 aliphatic heterocycles. The Morgan fingerprint density at radius 1 is 1.07 bits per heavy atom. The van der Waals surface area contributed by atoms with Crippen molar-refractivity contribution < 1.29 is 18.4 Å². The van der Waals surface area contributed by atoms with Gasteiger partial charge in [0.15, 0.2) is 5.76 Å². The first-order chi connectivity index (χ1) is 13.0. The summed E-state index contributed by atoms with van der Waals surface area (Å²) in [4.78, 5) is 24.3. The Hall–Kier alpha value is -3.42. The van der Waals surface area contributed by atoms with Crippen LogP contribution in [0.5, 0.6) is 0 Å². The van der Waals surface area contributed by atoms with Crippen LogP contribution < -0.4 is 10.6 Å². The minimum absolute atomic E-state index is 0.216. The summed E-state index contributed by atoms with van der Waals surface area (Å²) >= 11 is 0. The van der Waals surface area contributed by atoms with Gasteiger partial charge in [-0.15, -0.1) is 0 Å². The second-order valence-electron chi connectivity index (χ2n) is 5.92. The van der Waals surface area contributed by atoms with Crippen LogP contribution in [0.25, 0.3) is 5.69 Å². The van der Waals surface area contributed by atoms with Crippen LogP contribution in [0, 0.1) is 19.7 Å². The molecule has 27 heavy (non-hydrogen) atoms. The Morgan fingerprint density at radius 3 is 2.37 bits per heavy atom. The quantitative estimate of drug-likeness (QED) is 0.652. The lowest BCUT2D eigenvalue weighted by Gasteiger charge is -2.07. The molecule has 8 heteroatoms. The first-order valence-corrected chi connectivity index (χ1v) is 8.39. The number of hydrogen-bond acceptors (Lipinski definition) is 4. The van der Waals surface area contributed by atoms with Crippen LogP contribution in [0.2, 0.25) is 0 Å². The van der Waals surface area contributed by atoms with E-state index in [4.69, 9.17) is 4.42 Å². The maximum Gasteiger partial charge on any atom is 0.287 e. The summed E-state index contributed by atoms with van der Waals surface area (Å²) in [5, 5.41) is 9.78. The number of furan rings is 1. The molecule has 3 aromatic rings. The lowest BCUT2D eigenvalue weighted by molar-refractivity contribution is 0.0910. The number of carbonyl (C=O) groups excluding carboxylic acids is 2. The molecule has 0 saturated carbocycles. The fraction of sp³-hybridized carbons (Fsp3) is 0.211. The highest BCUT2D eigenvalue weighted by atomic mass is 19.1. The molecule has 0 atom stereocenters. The van der Waals surface area contributed by atoms with Gasteiger partial charge in [0.1, 0.15) is 5.82 Å². The molecule has 0 bridgehead atoms. The average molecular weight is 370 g/mol. The van der Waals surface area contributed by atoms with E-state index in [1.54, 1.807) is 42.8 Å². The van der Waals surface area contributed by atoms with Gasteiger partial charge in [0.05, 0.1) is 28.9 Å². The van der Waals surface area contributed by atoms with Gasteiger partial charge < -0.3 is 15.1 Å². The fourth-order valence-corrected chi connectivity index (χ4v) is 2.74. The Kier molecular flexibility index (Phi) is 5.35. The first-order valence-electron chi connectivity index (χ1n) is 8.39. The number of hydrogen-bond donors (Lipinski definition) is 2. The third-order valence-electron chi connectivity index (χ3n) is 4.03. The van der Waals surface area contributed by atoms with Crippen molar-refractivity contribution in [2.75, 3.05) is 13.1 Å². The maximum absolute atomic E-state index is 13.1. The van der Waals surface area contributed by atoms with E-state index in [9.17, 15) is 14.0 Å². The molecule has 0 aliphatic carbocycles. The molecular weight excluding hydrogens is 351 g/mol. The summed E-state index contributed by atoms with van der Waals surface area (Å²) < 4.78 is 19.7. The van der Waals surface area contributed by atoms with Gasteiger partial charge in [0.2, 0.25) is 0 Å². The topological polar surface area (TPSA) is 89.2 Å². The highest BCUT2D eigenvalue weighted by Crippen LogP contribution is 2.18. The van der Waals surface area contributed by atoms with Crippen LogP contribution in [0.1, 0.15) is 32.3 Å². The molecule has 7 nitrogen and oxygen atoms in total. The highest BCUT2D eigenvalue weighted by molar-refractivity contribution is 5.96. The molecule has 0 aliphatic rings. The number of amides is 2. The molecule has 2 aromatic heterocycles. The highest BCUT2D eigenvalue weighted by Gasteiger charge is 2.19. The van der Waals surface area contributed by atoms with Crippen molar-refractivity contribution in [1.29, 1.82) is 0 Å². The van der Waals surface area contributed by atoms with Gasteiger partial charge in [0, 0.05) is 13.1 Å². The third kappa shape index (κ3) is 4.05. The molecule has 2 heterocycles. The summed E-state index contributed by atoms with van der Waals surface area (Å²) in [7, 11) is 0. The Balaban J connectivity index is 1.61. The molecule has 3 rings (SSSR count). The largest absolute Gasteiger partial charge is 0.459 e. The molecule has 2 N–H and O–H groups in total. The van der Waals surface area contributed by atoms with Crippen LogP contribution >= 0.6 is 0 Å². The number of halogens is 1. The molecule has 1 aromatic carbocycles.